The molecule has 0 aliphatic carbocycles. The van der Waals surface area contributed by atoms with Crippen molar-refractivity contribution in [1.29, 1.82) is 0 Å². The van der Waals surface area contributed by atoms with E-state index in [4.69, 9.17) is 17.2 Å². The van der Waals surface area contributed by atoms with Crippen LogP contribution in [0.5, 0.6) is 0 Å². The monoisotopic (exact) mass is 570 g/mol. The number of hydrogen-bond acceptors (Lipinski definition) is 7. The van der Waals surface area contributed by atoms with Crippen molar-refractivity contribution < 1.29 is 29.1 Å². The number of nitrogens with one attached hydrogen (secondary N) is 4. The van der Waals surface area contributed by atoms with Crippen molar-refractivity contribution in [3.8, 4) is 0 Å². The average Bonchev–Trinajstić information content (AvgIpc) is 2.89. The number of nitrogens with zero attached hydrogens (tertiary/aromatic N) is 1. The van der Waals surface area contributed by atoms with Gasteiger partial charge in [0.2, 0.25) is 23.6 Å². The van der Waals surface area contributed by atoms with E-state index in [2.05, 4.69) is 26.3 Å². The summed E-state index contributed by atoms with van der Waals surface area (Å²) in [5.74, 6) is -4.46. The van der Waals surface area contributed by atoms with Crippen LogP contribution in [0, 0.1) is 17.8 Å². The third kappa shape index (κ3) is 12.6. The van der Waals surface area contributed by atoms with Gasteiger partial charge >= 0.3 is 5.97 Å². The topological polar surface area (TPSA) is 244 Å². The third-order valence-corrected chi connectivity index (χ3v) is 6.91. The molecule has 0 aromatic heterocycles. The summed E-state index contributed by atoms with van der Waals surface area (Å²) in [4.78, 5) is 67.2. The molecule has 0 unspecified atom stereocenters. The first-order valence-electron chi connectivity index (χ1n) is 13.8. The molecule has 11 N–H and O–H groups in total. The van der Waals surface area contributed by atoms with Gasteiger partial charge in [-0.3, -0.25) is 24.2 Å². The Hall–Kier alpha value is -3.42. The van der Waals surface area contributed by atoms with E-state index >= 15 is 0 Å². The Morgan fingerprint density at radius 1 is 0.750 bits per heavy atom. The zero-order valence-electron chi connectivity index (χ0n) is 24.8. The van der Waals surface area contributed by atoms with Gasteiger partial charge in [-0.15, -0.1) is 0 Å². The van der Waals surface area contributed by atoms with Crippen LogP contribution in [0.3, 0.4) is 0 Å². The molecule has 14 nitrogen and oxygen atoms in total. The lowest BCUT2D eigenvalue weighted by Gasteiger charge is -2.27. The Labute approximate surface area is 237 Å². The smallest absolute Gasteiger partial charge is 0.326 e. The highest BCUT2D eigenvalue weighted by Gasteiger charge is 2.32. The molecular formula is C26H50N8O6. The molecule has 0 spiro atoms. The van der Waals surface area contributed by atoms with E-state index in [1.54, 1.807) is 27.7 Å². The quantitative estimate of drug-likeness (QED) is 0.0580. The molecule has 0 aliphatic rings. The molecule has 0 saturated heterocycles. The van der Waals surface area contributed by atoms with E-state index in [1.165, 1.54) is 6.92 Å². The number of nitrogens with two attached hydrogens (primary N) is 3. The summed E-state index contributed by atoms with van der Waals surface area (Å²) in [6, 6.07) is -5.07. The lowest BCUT2D eigenvalue weighted by Crippen LogP contribution is -2.59. The van der Waals surface area contributed by atoms with Gasteiger partial charge in [-0.05, 0) is 37.5 Å². The Balaban J connectivity index is 5.56. The number of aliphatic imine (C=N–C) groups is 1. The van der Waals surface area contributed by atoms with E-state index in [9.17, 15) is 29.1 Å². The van der Waals surface area contributed by atoms with E-state index in [1.807, 2.05) is 13.8 Å². The van der Waals surface area contributed by atoms with Gasteiger partial charge in [0.05, 0.1) is 6.04 Å². The van der Waals surface area contributed by atoms with Crippen LogP contribution in [-0.4, -0.2) is 77.4 Å². The zero-order valence-corrected chi connectivity index (χ0v) is 24.8. The number of amides is 4. The number of carboxylic acid groups (broad SMARTS) is 1. The molecule has 7 atom stereocenters. The van der Waals surface area contributed by atoms with Crippen LogP contribution in [0.15, 0.2) is 4.99 Å². The molecule has 0 radical (unpaired) electrons. The van der Waals surface area contributed by atoms with Gasteiger partial charge in [0.1, 0.15) is 24.2 Å². The fraction of sp³-hybridized carbons (Fsp3) is 0.769. The molecule has 0 fully saturated rings. The molecule has 4 amide bonds. The predicted octanol–water partition coefficient (Wildman–Crippen LogP) is -0.841. The minimum Gasteiger partial charge on any atom is -0.480 e. The van der Waals surface area contributed by atoms with Gasteiger partial charge in [0.15, 0.2) is 5.96 Å². The molecule has 230 valence electrons. The second-order valence-corrected chi connectivity index (χ2v) is 10.6. The van der Waals surface area contributed by atoms with Crippen LogP contribution in [0.4, 0.5) is 0 Å². The summed E-state index contributed by atoms with van der Waals surface area (Å²) in [6.07, 6.45) is 1.63. The van der Waals surface area contributed by atoms with Crippen molar-refractivity contribution in [2.45, 2.75) is 104 Å². The predicted molar refractivity (Wildman–Crippen MR) is 153 cm³/mol. The number of aliphatic carboxylic acids is 1. The van der Waals surface area contributed by atoms with Crippen molar-refractivity contribution in [2.24, 2.45) is 39.9 Å². The minimum atomic E-state index is -1.19. The standard InChI is InChI=1S/C26H50N8O6/c1-8-14(5)18(27)23(37)33-19(13(3)4)24(38)31-16(7)21(35)32-17(11-10-12-30-26(28)29)22(36)34-20(25(39)40)15(6)9-2/h13-20H,8-12,27H2,1-7H3,(H,31,38)(H,32,35)(H,33,37)(H,34,36)(H,39,40)(H4,28,29,30)/t14-,15-,16-,17-,18-,19-,20-/m0/s1. The van der Waals surface area contributed by atoms with Crippen molar-refractivity contribution in [3.63, 3.8) is 0 Å². The summed E-state index contributed by atoms with van der Waals surface area (Å²) in [5, 5.41) is 19.9. The molecule has 0 aromatic carbocycles. The average molecular weight is 571 g/mol. The number of carbonyl (C=O) groups excluding carboxylic acids is 4. The Morgan fingerprint density at radius 2 is 1.30 bits per heavy atom. The van der Waals surface area contributed by atoms with Gasteiger partial charge in [0, 0.05) is 6.54 Å². The summed E-state index contributed by atoms with van der Waals surface area (Å²) in [6.45, 7) is 12.4. The number of carboxylic acids is 1. The molecule has 0 rings (SSSR count). The van der Waals surface area contributed by atoms with Crippen molar-refractivity contribution in [3.05, 3.63) is 0 Å². The first kappa shape index (κ1) is 36.6. The van der Waals surface area contributed by atoms with Gasteiger partial charge in [-0.25, -0.2) is 4.79 Å². The van der Waals surface area contributed by atoms with Crippen LogP contribution in [0.1, 0.15) is 74.1 Å². The second-order valence-electron chi connectivity index (χ2n) is 10.6. The summed E-state index contributed by atoms with van der Waals surface area (Å²) >= 11 is 0. The van der Waals surface area contributed by atoms with E-state index in [0.29, 0.717) is 19.3 Å². The fourth-order valence-corrected chi connectivity index (χ4v) is 3.67. The number of carbonyl (C=O) groups is 5. The van der Waals surface area contributed by atoms with Crippen LogP contribution in [0.2, 0.25) is 0 Å². The Bertz CT molecular complexity index is 892. The van der Waals surface area contributed by atoms with Crippen LogP contribution >= 0.6 is 0 Å². The first-order valence-corrected chi connectivity index (χ1v) is 13.8. The van der Waals surface area contributed by atoms with Gasteiger partial charge in [-0.2, -0.15) is 0 Å². The number of rotatable bonds is 18. The highest BCUT2D eigenvalue weighted by molar-refractivity contribution is 5.95. The summed E-state index contributed by atoms with van der Waals surface area (Å²) < 4.78 is 0. The summed E-state index contributed by atoms with van der Waals surface area (Å²) in [7, 11) is 0. The first-order chi connectivity index (χ1) is 18.6. The molecule has 0 aliphatic heterocycles. The molecule has 0 bridgehead atoms. The maximum atomic E-state index is 13.0. The van der Waals surface area contributed by atoms with E-state index in [0.717, 1.165) is 0 Å². The van der Waals surface area contributed by atoms with Crippen LogP contribution < -0.4 is 38.5 Å². The van der Waals surface area contributed by atoms with Crippen molar-refractivity contribution >= 4 is 35.6 Å². The van der Waals surface area contributed by atoms with E-state index < -0.39 is 59.8 Å². The Morgan fingerprint density at radius 3 is 1.77 bits per heavy atom. The SMILES string of the molecule is CC[C@H](C)[C@H](N)C(=O)N[C@H](C(=O)N[C@@H](C)C(=O)N[C@@H](CCCN=C(N)N)C(=O)N[C@H](C(=O)O)[C@@H](C)CC)C(C)C. The van der Waals surface area contributed by atoms with Crippen molar-refractivity contribution in [1.82, 2.24) is 21.3 Å². The molecule has 0 saturated carbocycles. The van der Waals surface area contributed by atoms with Gasteiger partial charge in [0.25, 0.3) is 0 Å². The highest BCUT2D eigenvalue weighted by Crippen LogP contribution is 2.10. The highest BCUT2D eigenvalue weighted by atomic mass is 16.4. The van der Waals surface area contributed by atoms with Crippen LogP contribution in [0.25, 0.3) is 0 Å². The van der Waals surface area contributed by atoms with Gasteiger partial charge in [-0.1, -0.05) is 54.4 Å². The minimum absolute atomic E-state index is 0.0864. The van der Waals surface area contributed by atoms with Gasteiger partial charge < -0.3 is 43.6 Å². The Kier molecular flexibility index (Phi) is 16.5. The third-order valence-electron chi connectivity index (χ3n) is 6.91. The maximum absolute atomic E-state index is 13.0. The largest absolute Gasteiger partial charge is 0.480 e. The number of guanidine groups is 1. The lowest BCUT2D eigenvalue weighted by atomic mass is 9.97. The van der Waals surface area contributed by atoms with Crippen molar-refractivity contribution in [2.75, 3.05) is 6.54 Å². The lowest BCUT2D eigenvalue weighted by molar-refractivity contribution is -0.144. The maximum Gasteiger partial charge on any atom is 0.326 e. The molecule has 0 aromatic rings. The second kappa shape index (κ2) is 18.0. The molecule has 40 heavy (non-hydrogen) atoms. The van der Waals surface area contributed by atoms with E-state index in [-0.39, 0.29) is 36.7 Å². The normalized spacial score (nSPS) is 16.3. The number of hydrogen-bond donors (Lipinski definition) is 8. The molecule has 0 heterocycles. The fourth-order valence-electron chi connectivity index (χ4n) is 3.67. The summed E-state index contributed by atoms with van der Waals surface area (Å²) in [5.41, 5.74) is 16.7. The molecule has 14 heteroatoms. The van der Waals surface area contributed by atoms with Crippen LogP contribution in [-0.2, 0) is 24.0 Å². The zero-order chi connectivity index (χ0) is 31.2. The molecular weight excluding hydrogens is 520 g/mol.